The number of rotatable bonds is 4. The fourth-order valence-electron chi connectivity index (χ4n) is 1.91. The third-order valence-corrected chi connectivity index (χ3v) is 3.69. The third-order valence-electron chi connectivity index (χ3n) is 3.19. The number of carbonyl (C=O) groups is 1. The van der Waals surface area contributed by atoms with Crippen molar-refractivity contribution in [1.29, 1.82) is 0 Å². The van der Waals surface area contributed by atoms with E-state index in [2.05, 4.69) is 26.2 Å². The van der Waals surface area contributed by atoms with Gasteiger partial charge in [0.1, 0.15) is 5.69 Å². The molecule has 1 N–H and O–H groups in total. The molecule has 2 rings (SSSR count). The molecule has 1 unspecified atom stereocenters. The van der Waals surface area contributed by atoms with E-state index in [-0.39, 0.29) is 11.9 Å². The summed E-state index contributed by atoms with van der Waals surface area (Å²) in [5.74, 6) is -0.173. The van der Waals surface area contributed by atoms with Crippen molar-refractivity contribution in [3.8, 4) is 0 Å². The van der Waals surface area contributed by atoms with Crippen molar-refractivity contribution >= 4 is 27.5 Å². The number of carbonyl (C=O) groups excluding carboxylic acids is 1. The van der Waals surface area contributed by atoms with Gasteiger partial charge < -0.3 is 10.2 Å². The zero-order valence-corrected chi connectivity index (χ0v) is 13.9. The zero-order valence-electron chi connectivity index (χ0n) is 12.3. The summed E-state index contributed by atoms with van der Waals surface area (Å²) in [5.41, 5.74) is 2.43. The molecule has 0 saturated carbocycles. The maximum Gasteiger partial charge on any atom is 0.270 e. The first kappa shape index (κ1) is 15.5. The third kappa shape index (κ3) is 4.04. The number of hydrogen-bond donors (Lipinski definition) is 1. The van der Waals surface area contributed by atoms with Crippen LogP contribution in [0.1, 0.15) is 29.0 Å². The molecule has 0 aliphatic carbocycles. The highest BCUT2D eigenvalue weighted by molar-refractivity contribution is 9.10. The summed E-state index contributed by atoms with van der Waals surface area (Å²) in [5, 5.41) is 2.95. The summed E-state index contributed by atoms with van der Waals surface area (Å²) in [6, 6.07) is 11.4. The maximum absolute atomic E-state index is 12.2. The Morgan fingerprint density at radius 2 is 2.05 bits per heavy atom. The molecule has 5 heteroatoms. The lowest BCUT2D eigenvalue weighted by atomic mass is 10.1. The molecule has 2 aromatic rings. The number of aromatic nitrogens is 1. The molecule has 21 heavy (non-hydrogen) atoms. The number of pyridine rings is 1. The van der Waals surface area contributed by atoms with Crippen LogP contribution in [-0.4, -0.2) is 25.0 Å². The second kappa shape index (κ2) is 6.72. The lowest BCUT2D eigenvalue weighted by Gasteiger charge is -2.15. The van der Waals surface area contributed by atoms with E-state index in [4.69, 9.17) is 0 Å². The van der Waals surface area contributed by atoms with Crippen LogP contribution in [0.3, 0.4) is 0 Å². The predicted molar refractivity (Wildman–Crippen MR) is 88.6 cm³/mol. The Kier molecular flexibility index (Phi) is 4.96. The molecule has 0 spiro atoms. The number of anilines is 1. The zero-order chi connectivity index (χ0) is 15.4. The Bertz CT molecular complexity index is 626. The van der Waals surface area contributed by atoms with Crippen molar-refractivity contribution in [2.24, 2.45) is 0 Å². The van der Waals surface area contributed by atoms with Crippen LogP contribution in [0.2, 0.25) is 0 Å². The Morgan fingerprint density at radius 3 is 2.62 bits per heavy atom. The minimum atomic E-state index is -0.173. The minimum absolute atomic E-state index is 0.0784. The standard InChI is InChI=1S/C16H18BrN3O/c1-11(12-5-4-6-13(17)9-12)19-16(21)15-8-7-14(10-18-15)20(2)3/h4-11H,1-3H3,(H,19,21). The number of amides is 1. The van der Waals surface area contributed by atoms with Crippen molar-refractivity contribution in [3.63, 3.8) is 0 Å². The molecule has 0 aliphatic rings. The fraction of sp³-hybridized carbons (Fsp3) is 0.250. The Hall–Kier alpha value is -1.88. The lowest BCUT2D eigenvalue weighted by Crippen LogP contribution is -2.27. The average molecular weight is 348 g/mol. The first-order valence-electron chi connectivity index (χ1n) is 6.67. The number of hydrogen-bond acceptors (Lipinski definition) is 3. The molecular weight excluding hydrogens is 330 g/mol. The highest BCUT2D eigenvalue weighted by atomic mass is 79.9. The molecule has 1 aromatic carbocycles. The van der Waals surface area contributed by atoms with Gasteiger partial charge in [0.15, 0.2) is 0 Å². The van der Waals surface area contributed by atoms with Gasteiger partial charge in [-0.3, -0.25) is 4.79 Å². The normalized spacial score (nSPS) is 11.8. The number of nitrogens with zero attached hydrogens (tertiary/aromatic N) is 2. The van der Waals surface area contributed by atoms with Crippen LogP contribution < -0.4 is 10.2 Å². The molecule has 1 atom stereocenters. The predicted octanol–water partition coefficient (Wildman–Crippen LogP) is 3.40. The van der Waals surface area contributed by atoms with Gasteiger partial charge in [-0.2, -0.15) is 0 Å². The average Bonchev–Trinajstić information content (AvgIpc) is 2.47. The SMILES string of the molecule is CC(NC(=O)c1ccc(N(C)C)cn1)c1cccc(Br)c1. The van der Waals surface area contributed by atoms with Crippen LogP contribution in [0.5, 0.6) is 0 Å². The van der Waals surface area contributed by atoms with Crippen LogP contribution in [0.4, 0.5) is 5.69 Å². The molecule has 1 heterocycles. The van der Waals surface area contributed by atoms with Gasteiger partial charge >= 0.3 is 0 Å². The van der Waals surface area contributed by atoms with Gasteiger partial charge in [0.2, 0.25) is 0 Å². The van der Waals surface area contributed by atoms with E-state index < -0.39 is 0 Å². The first-order valence-corrected chi connectivity index (χ1v) is 7.46. The summed E-state index contributed by atoms with van der Waals surface area (Å²) < 4.78 is 0.995. The topological polar surface area (TPSA) is 45.2 Å². The second-order valence-corrected chi connectivity index (χ2v) is 5.96. The molecule has 1 amide bonds. The van der Waals surface area contributed by atoms with Crippen molar-refractivity contribution < 1.29 is 4.79 Å². The number of nitrogens with one attached hydrogen (secondary N) is 1. The monoisotopic (exact) mass is 347 g/mol. The Balaban J connectivity index is 2.07. The van der Waals surface area contributed by atoms with E-state index in [1.165, 1.54) is 0 Å². The largest absolute Gasteiger partial charge is 0.376 e. The van der Waals surface area contributed by atoms with Crippen molar-refractivity contribution in [2.45, 2.75) is 13.0 Å². The second-order valence-electron chi connectivity index (χ2n) is 5.05. The Labute approximate surface area is 133 Å². The van der Waals surface area contributed by atoms with Crippen molar-refractivity contribution in [2.75, 3.05) is 19.0 Å². The molecule has 110 valence electrons. The lowest BCUT2D eigenvalue weighted by molar-refractivity contribution is 0.0935. The molecule has 0 aliphatic heterocycles. The molecule has 0 fully saturated rings. The van der Waals surface area contributed by atoms with Crippen LogP contribution in [0.25, 0.3) is 0 Å². The highest BCUT2D eigenvalue weighted by Crippen LogP contribution is 2.18. The Morgan fingerprint density at radius 1 is 1.29 bits per heavy atom. The minimum Gasteiger partial charge on any atom is -0.376 e. The van der Waals surface area contributed by atoms with Gasteiger partial charge in [0.25, 0.3) is 5.91 Å². The summed E-state index contributed by atoms with van der Waals surface area (Å²) in [6.45, 7) is 1.95. The van der Waals surface area contributed by atoms with Crippen molar-refractivity contribution in [1.82, 2.24) is 10.3 Å². The molecular formula is C16H18BrN3O. The highest BCUT2D eigenvalue weighted by Gasteiger charge is 2.12. The summed E-state index contributed by atoms with van der Waals surface area (Å²) in [7, 11) is 3.87. The summed E-state index contributed by atoms with van der Waals surface area (Å²) >= 11 is 3.43. The fourth-order valence-corrected chi connectivity index (χ4v) is 2.33. The van der Waals surface area contributed by atoms with Crippen LogP contribution in [0.15, 0.2) is 47.1 Å². The molecule has 4 nitrogen and oxygen atoms in total. The smallest absolute Gasteiger partial charge is 0.270 e. The molecule has 1 aromatic heterocycles. The van der Waals surface area contributed by atoms with E-state index in [9.17, 15) is 4.79 Å². The first-order chi connectivity index (χ1) is 9.97. The summed E-state index contributed by atoms with van der Waals surface area (Å²) in [4.78, 5) is 18.3. The number of halogens is 1. The van der Waals surface area contributed by atoms with Gasteiger partial charge in [-0.1, -0.05) is 28.1 Å². The van der Waals surface area contributed by atoms with E-state index in [0.29, 0.717) is 5.69 Å². The summed E-state index contributed by atoms with van der Waals surface area (Å²) in [6.07, 6.45) is 1.69. The van der Waals surface area contributed by atoms with Gasteiger partial charge in [0, 0.05) is 18.6 Å². The van der Waals surface area contributed by atoms with Gasteiger partial charge in [-0.05, 0) is 36.8 Å². The van der Waals surface area contributed by atoms with E-state index in [1.807, 2.05) is 56.3 Å². The van der Waals surface area contributed by atoms with Gasteiger partial charge in [-0.25, -0.2) is 4.98 Å². The van der Waals surface area contributed by atoms with E-state index in [1.54, 1.807) is 12.3 Å². The van der Waals surface area contributed by atoms with E-state index in [0.717, 1.165) is 15.7 Å². The quantitative estimate of drug-likeness (QED) is 0.921. The van der Waals surface area contributed by atoms with Gasteiger partial charge in [0.05, 0.1) is 17.9 Å². The van der Waals surface area contributed by atoms with Crippen molar-refractivity contribution in [3.05, 3.63) is 58.3 Å². The molecule has 0 bridgehead atoms. The maximum atomic E-state index is 12.2. The van der Waals surface area contributed by atoms with Crippen LogP contribution in [0, 0.1) is 0 Å². The van der Waals surface area contributed by atoms with Crippen LogP contribution in [-0.2, 0) is 0 Å². The van der Waals surface area contributed by atoms with Crippen LogP contribution >= 0.6 is 15.9 Å². The van der Waals surface area contributed by atoms with Gasteiger partial charge in [-0.15, -0.1) is 0 Å². The van der Waals surface area contributed by atoms with E-state index >= 15 is 0 Å². The molecule has 0 saturated heterocycles. The molecule has 0 radical (unpaired) electrons. The number of benzene rings is 1.